The van der Waals surface area contributed by atoms with Gasteiger partial charge in [0.25, 0.3) is 0 Å². The third-order valence-electron chi connectivity index (χ3n) is 2.42. The molecule has 0 aliphatic rings. The zero-order chi connectivity index (χ0) is 11.5. The summed E-state index contributed by atoms with van der Waals surface area (Å²) in [5, 5.41) is 4.13. The molecule has 0 unspecified atom stereocenters. The lowest BCUT2D eigenvalue weighted by Gasteiger charge is -2.05. The van der Waals surface area contributed by atoms with Crippen molar-refractivity contribution in [2.24, 2.45) is 0 Å². The first-order valence-electron chi connectivity index (χ1n) is 5.22. The highest BCUT2D eigenvalue weighted by atomic mass is 16.1. The first-order chi connectivity index (χ1) is 7.67. The van der Waals surface area contributed by atoms with Gasteiger partial charge >= 0.3 is 0 Å². The van der Waals surface area contributed by atoms with E-state index in [0.717, 1.165) is 6.29 Å². The molecule has 1 aromatic heterocycles. The highest BCUT2D eigenvalue weighted by Gasteiger charge is 2.00. The van der Waals surface area contributed by atoms with E-state index in [1.807, 2.05) is 0 Å². The fourth-order valence-electron chi connectivity index (χ4n) is 1.87. The van der Waals surface area contributed by atoms with Gasteiger partial charge in [0.05, 0.1) is 18.3 Å². The minimum absolute atomic E-state index is 0.615. The van der Waals surface area contributed by atoms with Crippen LogP contribution in [0.1, 0.15) is 27.0 Å². The molecule has 3 heteroatoms. The molecule has 0 bridgehead atoms. The quantitative estimate of drug-likeness (QED) is 0.735. The molecule has 0 saturated carbocycles. The predicted octanol–water partition coefficient (Wildman–Crippen LogP) is 2.36. The van der Waals surface area contributed by atoms with Gasteiger partial charge in [-0.3, -0.25) is 9.48 Å². The molecule has 2 aromatic rings. The smallest absolute Gasteiger partial charge is 0.153 e. The van der Waals surface area contributed by atoms with Crippen LogP contribution < -0.4 is 0 Å². The summed E-state index contributed by atoms with van der Waals surface area (Å²) >= 11 is 0. The van der Waals surface area contributed by atoms with Crippen molar-refractivity contribution >= 4 is 6.29 Å². The molecule has 0 aliphatic heterocycles. The molecule has 0 spiro atoms. The lowest BCUT2D eigenvalue weighted by molar-refractivity contribution is 0.112. The predicted molar refractivity (Wildman–Crippen MR) is 62.6 cm³/mol. The van der Waals surface area contributed by atoms with Gasteiger partial charge in [0, 0.05) is 6.20 Å². The van der Waals surface area contributed by atoms with Gasteiger partial charge < -0.3 is 0 Å². The van der Waals surface area contributed by atoms with Crippen molar-refractivity contribution in [3.63, 3.8) is 0 Å². The van der Waals surface area contributed by atoms with Crippen LogP contribution in [0, 0.1) is 13.8 Å². The second kappa shape index (κ2) is 4.31. The van der Waals surface area contributed by atoms with Crippen molar-refractivity contribution in [3.05, 3.63) is 52.8 Å². The Kier molecular flexibility index (Phi) is 2.86. The minimum Gasteiger partial charge on any atom is -0.298 e. The van der Waals surface area contributed by atoms with Crippen molar-refractivity contribution in [2.45, 2.75) is 20.4 Å². The lowest BCUT2D eigenvalue weighted by atomic mass is 10.1. The number of aldehydes is 1. The summed E-state index contributed by atoms with van der Waals surface area (Å²) in [5.74, 6) is 0. The molecule has 1 aromatic carbocycles. The summed E-state index contributed by atoms with van der Waals surface area (Å²) < 4.78 is 1.78. The highest BCUT2D eigenvalue weighted by Crippen LogP contribution is 2.10. The third-order valence-corrected chi connectivity index (χ3v) is 2.42. The molecular weight excluding hydrogens is 200 g/mol. The average Bonchev–Trinajstić information content (AvgIpc) is 2.64. The maximum Gasteiger partial charge on any atom is 0.153 e. The number of aromatic nitrogens is 2. The van der Waals surface area contributed by atoms with Crippen LogP contribution in [0.25, 0.3) is 0 Å². The van der Waals surface area contributed by atoms with E-state index in [1.165, 1.54) is 16.7 Å². The van der Waals surface area contributed by atoms with E-state index < -0.39 is 0 Å². The average molecular weight is 214 g/mol. The van der Waals surface area contributed by atoms with Gasteiger partial charge in [0.2, 0.25) is 0 Å². The molecule has 3 nitrogen and oxygen atoms in total. The lowest BCUT2D eigenvalue weighted by Crippen LogP contribution is -2.00. The molecule has 0 atom stereocenters. The van der Waals surface area contributed by atoms with E-state index in [-0.39, 0.29) is 0 Å². The Bertz CT molecular complexity index is 494. The Morgan fingerprint density at radius 1 is 1.25 bits per heavy atom. The Hall–Kier alpha value is -1.90. The van der Waals surface area contributed by atoms with Crippen LogP contribution in [0.3, 0.4) is 0 Å². The maximum atomic E-state index is 10.5. The second-order valence-corrected chi connectivity index (χ2v) is 4.09. The summed E-state index contributed by atoms with van der Waals surface area (Å²) in [7, 11) is 0. The van der Waals surface area contributed by atoms with Crippen molar-refractivity contribution in [2.75, 3.05) is 0 Å². The molecule has 2 rings (SSSR count). The molecule has 1 heterocycles. The SMILES string of the molecule is Cc1cc(C)cc(Cn2cc(C=O)cn2)c1. The van der Waals surface area contributed by atoms with Crippen LogP contribution in [-0.4, -0.2) is 16.1 Å². The number of aryl methyl sites for hydroxylation is 2. The molecule has 0 fully saturated rings. The van der Waals surface area contributed by atoms with Crippen LogP contribution in [0.2, 0.25) is 0 Å². The van der Waals surface area contributed by atoms with Crippen molar-refractivity contribution in [1.29, 1.82) is 0 Å². The first kappa shape index (κ1) is 10.6. The standard InChI is InChI=1S/C13H14N2O/c1-10-3-11(2)5-12(4-10)7-15-8-13(9-16)6-14-15/h3-6,8-9H,7H2,1-2H3. The monoisotopic (exact) mass is 214 g/mol. The number of benzene rings is 1. The molecular formula is C13H14N2O. The minimum atomic E-state index is 0.615. The summed E-state index contributed by atoms with van der Waals surface area (Å²) in [6.07, 6.45) is 4.14. The Morgan fingerprint density at radius 3 is 2.50 bits per heavy atom. The van der Waals surface area contributed by atoms with Crippen molar-refractivity contribution in [3.8, 4) is 0 Å². The molecule has 0 aliphatic carbocycles. The Balaban J connectivity index is 2.22. The fraction of sp³-hybridized carbons (Fsp3) is 0.231. The van der Waals surface area contributed by atoms with Gasteiger partial charge in [-0.2, -0.15) is 5.10 Å². The van der Waals surface area contributed by atoms with Crippen molar-refractivity contribution < 1.29 is 4.79 Å². The van der Waals surface area contributed by atoms with Crippen LogP contribution in [-0.2, 0) is 6.54 Å². The number of rotatable bonds is 3. The third kappa shape index (κ3) is 2.37. The van der Waals surface area contributed by atoms with Gasteiger partial charge in [0.1, 0.15) is 0 Å². The van der Waals surface area contributed by atoms with E-state index in [9.17, 15) is 4.79 Å². The molecule has 0 N–H and O–H groups in total. The number of nitrogens with zero attached hydrogens (tertiary/aromatic N) is 2. The van der Waals surface area contributed by atoms with E-state index in [4.69, 9.17) is 0 Å². The summed E-state index contributed by atoms with van der Waals surface area (Å²) in [6, 6.07) is 6.41. The number of hydrogen-bond donors (Lipinski definition) is 0. The van der Waals surface area contributed by atoms with Gasteiger partial charge in [-0.25, -0.2) is 0 Å². The van der Waals surface area contributed by atoms with Gasteiger partial charge in [-0.1, -0.05) is 29.3 Å². The maximum absolute atomic E-state index is 10.5. The number of hydrogen-bond acceptors (Lipinski definition) is 2. The normalized spacial score (nSPS) is 10.4. The zero-order valence-corrected chi connectivity index (χ0v) is 9.47. The Morgan fingerprint density at radius 2 is 1.94 bits per heavy atom. The summed E-state index contributed by atoms with van der Waals surface area (Å²) in [6.45, 7) is 4.86. The van der Waals surface area contributed by atoms with E-state index in [0.29, 0.717) is 12.1 Å². The largest absolute Gasteiger partial charge is 0.298 e. The summed E-state index contributed by atoms with van der Waals surface area (Å²) in [5.41, 5.74) is 4.32. The number of carbonyl (C=O) groups is 1. The topological polar surface area (TPSA) is 34.9 Å². The number of carbonyl (C=O) groups excluding carboxylic acids is 1. The van der Waals surface area contributed by atoms with Crippen LogP contribution >= 0.6 is 0 Å². The van der Waals surface area contributed by atoms with Crippen LogP contribution in [0.4, 0.5) is 0 Å². The summed E-state index contributed by atoms with van der Waals surface area (Å²) in [4.78, 5) is 10.5. The molecule has 82 valence electrons. The van der Waals surface area contributed by atoms with E-state index >= 15 is 0 Å². The van der Waals surface area contributed by atoms with Gasteiger partial charge in [-0.15, -0.1) is 0 Å². The fourth-order valence-corrected chi connectivity index (χ4v) is 1.87. The van der Waals surface area contributed by atoms with Crippen LogP contribution in [0.15, 0.2) is 30.6 Å². The molecule has 16 heavy (non-hydrogen) atoms. The second-order valence-electron chi connectivity index (χ2n) is 4.09. The highest BCUT2D eigenvalue weighted by molar-refractivity contribution is 5.73. The van der Waals surface area contributed by atoms with Crippen molar-refractivity contribution in [1.82, 2.24) is 9.78 Å². The molecule has 0 saturated heterocycles. The molecule has 0 amide bonds. The zero-order valence-electron chi connectivity index (χ0n) is 9.47. The van der Waals surface area contributed by atoms with E-state index in [2.05, 4.69) is 37.1 Å². The first-order valence-corrected chi connectivity index (χ1v) is 5.22. The molecule has 0 radical (unpaired) electrons. The van der Waals surface area contributed by atoms with Gasteiger partial charge in [-0.05, 0) is 19.4 Å². The van der Waals surface area contributed by atoms with E-state index in [1.54, 1.807) is 17.1 Å². The van der Waals surface area contributed by atoms with Crippen LogP contribution in [0.5, 0.6) is 0 Å². The Labute approximate surface area is 94.7 Å². The van der Waals surface area contributed by atoms with Gasteiger partial charge in [0.15, 0.2) is 6.29 Å².